The Bertz CT molecular complexity index is 591. The molecule has 0 aromatic heterocycles. The first-order valence-corrected chi connectivity index (χ1v) is 7.64. The summed E-state index contributed by atoms with van der Waals surface area (Å²) >= 11 is 0. The molecule has 102 valence electrons. The number of likely N-dealkylation sites (N-methyl/N-ethyl adjacent to an activating group) is 1. The van der Waals surface area contributed by atoms with Crippen molar-refractivity contribution in [2.24, 2.45) is 0 Å². The van der Waals surface area contributed by atoms with E-state index < -0.39 is 10.0 Å². The number of nitrogens with zero attached hydrogens (tertiary/aromatic N) is 1. The molecule has 0 bridgehead atoms. The van der Waals surface area contributed by atoms with Crippen molar-refractivity contribution < 1.29 is 13.2 Å². The summed E-state index contributed by atoms with van der Waals surface area (Å²) in [5, 5.41) is 2.49. The van der Waals surface area contributed by atoms with Gasteiger partial charge < -0.3 is 5.32 Å². The minimum Gasteiger partial charge on any atom is -0.356 e. The van der Waals surface area contributed by atoms with E-state index in [-0.39, 0.29) is 11.7 Å². The Morgan fingerprint density at radius 2 is 2.00 bits per heavy atom. The van der Waals surface area contributed by atoms with E-state index >= 15 is 0 Å². The molecule has 19 heavy (non-hydrogen) atoms. The Kier molecular flexibility index (Phi) is 3.90. The van der Waals surface area contributed by atoms with Gasteiger partial charge in [-0.3, -0.25) is 9.10 Å². The summed E-state index contributed by atoms with van der Waals surface area (Å²) < 4.78 is 24.9. The number of hydrogen-bond acceptors (Lipinski definition) is 3. The number of rotatable bonds is 3. The lowest BCUT2D eigenvalue weighted by atomic mass is 10.2. The largest absolute Gasteiger partial charge is 0.356 e. The number of sulfonamides is 1. The molecule has 0 saturated carbocycles. The average Bonchev–Trinajstić information content (AvgIpc) is 2.76. The molecule has 1 aliphatic heterocycles. The SMILES string of the molecule is CNC(=O)/C=C/c1ccc(N2CCCS2(=O)=O)cc1. The summed E-state index contributed by atoms with van der Waals surface area (Å²) in [6.45, 7) is 0.537. The second-order valence-electron chi connectivity index (χ2n) is 4.28. The zero-order chi connectivity index (χ0) is 13.9. The Morgan fingerprint density at radius 1 is 1.32 bits per heavy atom. The first-order valence-electron chi connectivity index (χ1n) is 6.03. The lowest BCUT2D eigenvalue weighted by Crippen LogP contribution is -2.24. The highest BCUT2D eigenvalue weighted by atomic mass is 32.2. The molecule has 2 rings (SSSR count). The topological polar surface area (TPSA) is 66.5 Å². The molecule has 0 unspecified atom stereocenters. The van der Waals surface area contributed by atoms with E-state index in [4.69, 9.17) is 0 Å². The zero-order valence-corrected chi connectivity index (χ0v) is 11.5. The van der Waals surface area contributed by atoms with Crippen molar-refractivity contribution in [3.05, 3.63) is 35.9 Å². The van der Waals surface area contributed by atoms with Crippen LogP contribution >= 0.6 is 0 Å². The Labute approximate surface area is 113 Å². The lowest BCUT2D eigenvalue weighted by Gasteiger charge is -2.16. The first kappa shape index (κ1) is 13.6. The third-order valence-corrected chi connectivity index (χ3v) is 4.82. The van der Waals surface area contributed by atoms with Crippen LogP contribution in [0.2, 0.25) is 0 Å². The standard InChI is InChI=1S/C13H16N2O3S/c1-14-13(16)8-5-11-3-6-12(7-4-11)15-9-2-10-19(15,17)18/h3-8H,2,9-10H2,1H3,(H,14,16)/b8-5+. The van der Waals surface area contributed by atoms with Crippen molar-refractivity contribution in [2.45, 2.75) is 6.42 Å². The lowest BCUT2D eigenvalue weighted by molar-refractivity contribution is -0.115. The molecule has 1 aromatic rings. The van der Waals surface area contributed by atoms with Crippen molar-refractivity contribution in [3.8, 4) is 0 Å². The van der Waals surface area contributed by atoms with Gasteiger partial charge in [0, 0.05) is 19.7 Å². The molecule has 5 nitrogen and oxygen atoms in total. The third-order valence-electron chi connectivity index (χ3n) is 2.95. The number of amides is 1. The smallest absolute Gasteiger partial charge is 0.243 e. The van der Waals surface area contributed by atoms with Crippen LogP contribution in [0, 0.1) is 0 Å². The molecule has 1 amide bonds. The van der Waals surface area contributed by atoms with E-state index in [2.05, 4.69) is 5.32 Å². The Morgan fingerprint density at radius 3 is 2.53 bits per heavy atom. The predicted octanol–water partition coefficient (Wildman–Crippen LogP) is 0.986. The maximum absolute atomic E-state index is 11.8. The fraction of sp³-hybridized carbons (Fsp3) is 0.308. The van der Waals surface area contributed by atoms with Crippen LogP contribution in [0.1, 0.15) is 12.0 Å². The summed E-state index contributed by atoms with van der Waals surface area (Å²) in [4.78, 5) is 11.1. The Balaban J connectivity index is 2.15. The molecule has 0 aliphatic carbocycles. The summed E-state index contributed by atoms with van der Waals surface area (Å²) in [6.07, 6.45) is 3.78. The predicted molar refractivity (Wildman–Crippen MR) is 75.3 cm³/mol. The molecule has 0 radical (unpaired) electrons. The number of carbonyl (C=O) groups is 1. The van der Waals surface area contributed by atoms with Gasteiger partial charge in [0.15, 0.2) is 0 Å². The van der Waals surface area contributed by atoms with Crippen LogP contribution in [-0.2, 0) is 14.8 Å². The van der Waals surface area contributed by atoms with E-state index in [9.17, 15) is 13.2 Å². The maximum Gasteiger partial charge on any atom is 0.243 e. The van der Waals surface area contributed by atoms with Crippen LogP contribution in [0.15, 0.2) is 30.3 Å². The highest BCUT2D eigenvalue weighted by Gasteiger charge is 2.28. The van der Waals surface area contributed by atoms with E-state index in [0.717, 1.165) is 5.56 Å². The van der Waals surface area contributed by atoms with Crippen LogP contribution in [0.25, 0.3) is 6.08 Å². The minimum atomic E-state index is -3.13. The number of hydrogen-bond donors (Lipinski definition) is 1. The van der Waals surface area contributed by atoms with Gasteiger partial charge in [-0.25, -0.2) is 8.42 Å². The van der Waals surface area contributed by atoms with Crippen molar-refractivity contribution >= 4 is 27.7 Å². The first-order chi connectivity index (χ1) is 9.03. The van der Waals surface area contributed by atoms with Gasteiger partial charge >= 0.3 is 0 Å². The Hall–Kier alpha value is -1.82. The fourth-order valence-corrected chi connectivity index (χ4v) is 3.50. The number of anilines is 1. The van der Waals surface area contributed by atoms with Crippen LogP contribution in [-0.4, -0.2) is 33.7 Å². The van der Waals surface area contributed by atoms with Gasteiger partial charge in [0.2, 0.25) is 15.9 Å². The summed E-state index contributed by atoms with van der Waals surface area (Å²) in [5.41, 5.74) is 1.53. The number of nitrogens with one attached hydrogen (secondary N) is 1. The second-order valence-corrected chi connectivity index (χ2v) is 6.29. The van der Waals surface area contributed by atoms with Gasteiger partial charge in [0.25, 0.3) is 0 Å². The molecule has 1 saturated heterocycles. The van der Waals surface area contributed by atoms with Crippen LogP contribution in [0.3, 0.4) is 0 Å². The highest BCUT2D eigenvalue weighted by Crippen LogP contribution is 2.24. The van der Waals surface area contributed by atoms with Gasteiger partial charge in [-0.05, 0) is 30.2 Å². The van der Waals surface area contributed by atoms with E-state index in [1.54, 1.807) is 37.4 Å². The normalized spacial score (nSPS) is 17.8. The molecule has 0 spiro atoms. The highest BCUT2D eigenvalue weighted by molar-refractivity contribution is 7.93. The minimum absolute atomic E-state index is 0.175. The molecule has 1 aliphatic rings. The molecule has 1 N–H and O–H groups in total. The van der Waals surface area contributed by atoms with E-state index in [1.807, 2.05) is 0 Å². The molecular weight excluding hydrogens is 264 g/mol. The number of benzene rings is 1. The van der Waals surface area contributed by atoms with Gasteiger partial charge in [0.05, 0.1) is 11.4 Å². The van der Waals surface area contributed by atoms with Crippen LogP contribution in [0.4, 0.5) is 5.69 Å². The molecule has 6 heteroatoms. The fourth-order valence-electron chi connectivity index (χ4n) is 1.94. The van der Waals surface area contributed by atoms with Crippen LogP contribution < -0.4 is 9.62 Å². The summed E-state index contributed by atoms with van der Waals surface area (Å²) in [5.74, 6) is 0.0388. The molecular formula is C13H16N2O3S. The third kappa shape index (κ3) is 3.14. The summed E-state index contributed by atoms with van der Waals surface area (Å²) in [7, 11) is -1.57. The van der Waals surface area contributed by atoms with Crippen molar-refractivity contribution in [3.63, 3.8) is 0 Å². The monoisotopic (exact) mass is 280 g/mol. The van der Waals surface area contributed by atoms with Crippen molar-refractivity contribution in [1.29, 1.82) is 0 Å². The number of carbonyl (C=O) groups excluding carboxylic acids is 1. The van der Waals surface area contributed by atoms with Gasteiger partial charge in [-0.2, -0.15) is 0 Å². The molecule has 1 fully saturated rings. The van der Waals surface area contributed by atoms with Crippen molar-refractivity contribution in [1.82, 2.24) is 5.32 Å². The second kappa shape index (κ2) is 5.44. The van der Waals surface area contributed by atoms with Gasteiger partial charge in [0.1, 0.15) is 0 Å². The quantitative estimate of drug-likeness (QED) is 0.840. The van der Waals surface area contributed by atoms with E-state index in [1.165, 1.54) is 10.4 Å². The summed E-state index contributed by atoms with van der Waals surface area (Å²) in [6, 6.07) is 7.10. The van der Waals surface area contributed by atoms with Crippen molar-refractivity contribution in [2.75, 3.05) is 23.7 Å². The van der Waals surface area contributed by atoms with Gasteiger partial charge in [-0.15, -0.1) is 0 Å². The van der Waals surface area contributed by atoms with E-state index in [0.29, 0.717) is 18.7 Å². The molecule has 0 atom stereocenters. The molecule has 1 heterocycles. The maximum atomic E-state index is 11.8. The molecule has 1 aromatic carbocycles. The average molecular weight is 280 g/mol. The van der Waals surface area contributed by atoms with Crippen LogP contribution in [0.5, 0.6) is 0 Å². The zero-order valence-electron chi connectivity index (χ0n) is 10.7. The van der Waals surface area contributed by atoms with Gasteiger partial charge in [-0.1, -0.05) is 12.1 Å².